The van der Waals surface area contributed by atoms with Gasteiger partial charge in [0.2, 0.25) is 10.0 Å². The molecule has 3 rings (SSSR count). The van der Waals surface area contributed by atoms with Crippen LogP contribution in [0.2, 0.25) is 5.02 Å². The monoisotopic (exact) mass is 433 g/mol. The van der Waals surface area contributed by atoms with Gasteiger partial charge in [0.05, 0.1) is 23.0 Å². The van der Waals surface area contributed by atoms with Crippen molar-refractivity contribution in [3.63, 3.8) is 0 Å². The predicted octanol–water partition coefficient (Wildman–Crippen LogP) is 5.01. The molecule has 0 saturated heterocycles. The minimum atomic E-state index is -3.81. The molecule has 0 fully saturated rings. The Morgan fingerprint density at radius 3 is 2.48 bits per heavy atom. The largest absolute Gasteiger partial charge is 0.426 e. The Kier molecular flexibility index (Phi) is 6.31. The van der Waals surface area contributed by atoms with Crippen molar-refractivity contribution in [2.45, 2.75) is 45.2 Å². The molecule has 29 heavy (non-hydrogen) atoms. The van der Waals surface area contributed by atoms with Crippen LogP contribution in [0, 0.1) is 13.8 Å². The number of hydrogen-bond acceptors (Lipinski definition) is 4. The fourth-order valence-electron chi connectivity index (χ4n) is 3.14. The first kappa shape index (κ1) is 21.4. The molecule has 1 unspecified atom stereocenters. The SMILES string of the molecule is CCn1c(C(C)NS(=O)(=O)c2c(C)cccc2Cl)cnc1Oc1ccc(C)cc1. The highest BCUT2D eigenvalue weighted by Gasteiger charge is 2.25. The highest BCUT2D eigenvalue weighted by Crippen LogP contribution is 2.28. The Labute approximate surface area is 176 Å². The summed E-state index contributed by atoms with van der Waals surface area (Å²) in [5.41, 5.74) is 2.42. The second-order valence-corrected chi connectivity index (χ2v) is 8.91. The van der Waals surface area contributed by atoms with Gasteiger partial charge in [0.15, 0.2) is 0 Å². The molecule has 0 spiro atoms. The van der Waals surface area contributed by atoms with Crippen molar-refractivity contribution >= 4 is 21.6 Å². The zero-order valence-corrected chi connectivity index (χ0v) is 18.4. The van der Waals surface area contributed by atoms with Gasteiger partial charge in [-0.15, -0.1) is 0 Å². The molecule has 8 heteroatoms. The lowest BCUT2D eigenvalue weighted by Crippen LogP contribution is -2.29. The summed E-state index contributed by atoms with van der Waals surface area (Å²) in [6.07, 6.45) is 1.62. The summed E-state index contributed by atoms with van der Waals surface area (Å²) in [6.45, 7) is 8.02. The summed E-state index contributed by atoms with van der Waals surface area (Å²) in [5.74, 6) is 0.669. The molecule has 2 aromatic carbocycles. The van der Waals surface area contributed by atoms with Gasteiger partial charge in [0.1, 0.15) is 10.6 Å². The molecule has 3 aromatic rings. The molecule has 0 saturated carbocycles. The van der Waals surface area contributed by atoms with Crippen LogP contribution in [0.15, 0.2) is 53.6 Å². The van der Waals surface area contributed by atoms with Gasteiger partial charge in [0.25, 0.3) is 0 Å². The van der Waals surface area contributed by atoms with E-state index in [1.165, 1.54) is 0 Å². The third kappa shape index (κ3) is 4.63. The number of benzene rings is 2. The van der Waals surface area contributed by atoms with Crippen molar-refractivity contribution in [3.05, 3.63) is 70.5 Å². The molecular formula is C21H24ClN3O3S. The second-order valence-electron chi connectivity index (χ2n) is 6.85. The van der Waals surface area contributed by atoms with Crippen LogP contribution in [0.1, 0.15) is 36.7 Å². The van der Waals surface area contributed by atoms with Crippen molar-refractivity contribution in [3.8, 4) is 11.8 Å². The van der Waals surface area contributed by atoms with E-state index in [-0.39, 0.29) is 9.92 Å². The van der Waals surface area contributed by atoms with Crippen LogP contribution >= 0.6 is 11.6 Å². The van der Waals surface area contributed by atoms with Gasteiger partial charge in [-0.3, -0.25) is 4.57 Å². The van der Waals surface area contributed by atoms with E-state index in [9.17, 15) is 8.42 Å². The maximum Gasteiger partial charge on any atom is 0.302 e. The minimum absolute atomic E-state index is 0.0900. The summed E-state index contributed by atoms with van der Waals surface area (Å²) >= 11 is 6.15. The third-order valence-electron chi connectivity index (χ3n) is 4.60. The molecule has 0 radical (unpaired) electrons. The molecule has 154 valence electrons. The van der Waals surface area contributed by atoms with Crippen molar-refractivity contribution in [1.82, 2.24) is 14.3 Å². The molecule has 0 amide bonds. The van der Waals surface area contributed by atoms with E-state index in [0.717, 1.165) is 5.56 Å². The number of imidazole rings is 1. The van der Waals surface area contributed by atoms with E-state index in [1.807, 2.05) is 42.7 Å². The molecule has 1 heterocycles. The molecule has 0 aliphatic rings. The van der Waals surface area contributed by atoms with Crippen molar-refractivity contribution < 1.29 is 13.2 Å². The third-order valence-corrected chi connectivity index (χ3v) is 6.77. The summed E-state index contributed by atoms with van der Waals surface area (Å²) in [5, 5.41) is 0.192. The summed E-state index contributed by atoms with van der Waals surface area (Å²) < 4.78 is 36.3. The maximum atomic E-state index is 12.9. The summed E-state index contributed by atoms with van der Waals surface area (Å²) in [7, 11) is -3.81. The predicted molar refractivity (Wildman–Crippen MR) is 114 cm³/mol. The van der Waals surface area contributed by atoms with Crippen molar-refractivity contribution in [2.75, 3.05) is 0 Å². The van der Waals surface area contributed by atoms with Crippen LogP contribution in [-0.2, 0) is 16.6 Å². The molecule has 1 N–H and O–H groups in total. The molecular weight excluding hydrogens is 410 g/mol. The fourth-order valence-corrected chi connectivity index (χ4v) is 5.18. The highest BCUT2D eigenvalue weighted by molar-refractivity contribution is 7.89. The van der Waals surface area contributed by atoms with Gasteiger partial charge in [-0.25, -0.2) is 18.1 Å². The van der Waals surface area contributed by atoms with Gasteiger partial charge in [-0.2, -0.15) is 0 Å². The van der Waals surface area contributed by atoms with E-state index < -0.39 is 16.1 Å². The van der Waals surface area contributed by atoms with Crippen molar-refractivity contribution in [2.24, 2.45) is 0 Å². The molecule has 6 nitrogen and oxygen atoms in total. The Morgan fingerprint density at radius 2 is 1.86 bits per heavy atom. The second kappa shape index (κ2) is 8.57. The Hall–Kier alpha value is -2.35. The van der Waals surface area contributed by atoms with Gasteiger partial charge >= 0.3 is 6.01 Å². The quantitative estimate of drug-likeness (QED) is 0.568. The Balaban J connectivity index is 1.87. The number of aromatic nitrogens is 2. The average molecular weight is 434 g/mol. The molecule has 0 aliphatic heterocycles. The lowest BCUT2D eigenvalue weighted by atomic mass is 10.2. The number of rotatable bonds is 7. The van der Waals surface area contributed by atoms with E-state index >= 15 is 0 Å². The number of halogens is 1. The lowest BCUT2D eigenvalue weighted by molar-refractivity contribution is 0.408. The van der Waals surface area contributed by atoms with E-state index in [0.29, 0.717) is 29.6 Å². The topological polar surface area (TPSA) is 73.2 Å². The van der Waals surface area contributed by atoms with Crippen LogP contribution in [-0.4, -0.2) is 18.0 Å². The number of sulfonamides is 1. The van der Waals surface area contributed by atoms with Crippen molar-refractivity contribution in [1.29, 1.82) is 0 Å². The first-order valence-electron chi connectivity index (χ1n) is 9.30. The maximum absolute atomic E-state index is 12.9. The highest BCUT2D eigenvalue weighted by atomic mass is 35.5. The first-order valence-corrected chi connectivity index (χ1v) is 11.2. The van der Waals surface area contributed by atoms with Gasteiger partial charge in [-0.1, -0.05) is 41.4 Å². The lowest BCUT2D eigenvalue weighted by Gasteiger charge is -2.18. The van der Waals surface area contributed by atoms with Crippen LogP contribution in [0.5, 0.6) is 11.8 Å². The number of nitrogens with zero attached hydrogens (tertiary/aromatic N) is 2. The first-order chi connectivity index (χ1) is 13.7. The fraction of sp³-hybridized carbons (Fsp3) is 0.286. The minimum Gasteiger partial charge on any atom is -0.426 e. The van der Waals surface area contributed by atoms with Gasteiger partial charge in [0, 0.05) is 6.54 Å². The van der Waals surface area contributed by atoms with Crippen LogP contribution < -0.4 is 9.46 Å². The van der Waals surface area contributed by atoms with Gasteiger partial charge in [-0.05, 0) is 51.5 Å². The smallest absolute Gasteiger partial charge is 0.302 e. The van der Waals surface area contributed by atoms with E-state index in [4.69, 9.17) is 16.3 Å². The van der Waals surface area contributed by atoms with Gasteiger partial charge < -0.3 is 4.74 Å². The summed E-state index contributed by atoms with van der Waals surface area (Å²) in [4.78, 5) is 4.43. The average Bonchev–Trinajstić information content (AvgIpc) is 3.05. The Morgan fingerprint density at radius 1 is 1.17 bits per heavy atom. The zero-order valence-electron chi connectivity index (χ0n) is 16.8. The van der Waals surface area contributed by atoms with E-state index in [2.05, 4.69) is 9.71 Å². The normalized spacial score (nSPS) is 12.7. The van der Waals surface area contributed by atoms with Crippen LogP contribution in [0.25, 0.3) is 0 Å². The number of ether oxygens (including phenoxy) is 1. The zero-order chi connectivity index (χ0) is 21.2. The molecule has 0 aliphatic carbocycles. The number of aryl methyl sites for hydroxylation is 2. The number of nitrogens with one attached hydrogen (secondary N) is 1. The summed E-state index contributed by atoms with van der Waals surface area (Å²) in [6, 6.07) is 12.5. The van der Waals surface area contributed by atoms with Crippen LogP contribution in [0.3, 0.4) is 0 Å². The Bertz CT molecular complexity index is 1090. The molecule has 0 bridgehead atoms. The number of hydrogen-bond donors (Lipinski definition) is 1. The molecule has 1 aromatic heterocycles. The standard InChI is InChI=1S/C21H24ClN3O3S/c1-5-25-19(13-23-21(25)28-17-11-9-14(2)10-12-17)16(4)24-29(26,27)20-15(3)7-6-8-18(20)22/h6-13,16,24H,5H2,1-4H3. The van der Waals surface area contributed by atoms with Crippen LogP contribution in [0.4, 0.5) is 0 Å². The molecule has 1 atom stereocenters. The van der Waals surface area contributed by atoms with E-state index in [1.54, 1.807) is 38.2 Å².